The van der Waals surface area contributed by atoms with E-state index in [-0.39, 0.29) is 11.9 Å². The lowest BCUT2D eigenvalue weighted by atomic mass is 10.1. The monoisotopic (exact) mass is 343 g/mol. The topological polar surface area (TPSA) is 46.9 Å². The summed E-state index contributed by atoms with van der Waals surface area (Å²) in [6, 6.07) is 14.6. The first-order valence-corrected chi connectivity index (χ1v) is 8.86. The van der Waals surface area contributed by atoms with Crippen LogP contribution in [0.1, 0.15) is 34.7 Å². The lowest BCUT2D eigenvalue weighted by molar-refractivity contribution is -0.117. The number of aryl methyl sites for hydroxylation is 2. The second-order valence-electron chi connectivity index (χ2n) is 6.65. The van der Waals surface area contributed by atoms with E-state index in [0.717, 1.165) is 29.7 Å². The first-order chi connectivity index (χ1) is 12.7. The number of amides is 1. The van der Waals surface area contributed by atoms with E-state index in [9.17, 15) is 4.79 Å². The van der Waals surface area contributed by atoms with Gasteiger partial charge in [-0.05, 0) is 60.2 Å². The Morgan fingerprint density at radius 1 is 1.27 bits per heavy atom. The van der Waals surface area contributed by atoms with Gasteiger partial charge in [0.1, 0.15) is 0 Å². The Labute approximate surface area is 153 Å². The van der Waals surface area contributed by atoms with Crippen LogP contribution in [-0.4, -0.2) is 15.5 Å². The van der Waals surface area contributed by atoms with Gasteiger partial charge >= 0.3 is 0 Å². The molecular formula is C22H21N3O. The molecule has 0 aliphatic heterocycles. The molecule has 0 bridgehead atoms. The minimum absolute atomic E-state index is 0.0527. The molecule has 3 aromatic rings. The van der Waals surface area contributed by atoms with Crippen LogP contribution in [-0.2, 0) is 11.2 Å². The Balaban J connectivity index is 1.43. The lowest BCUT2D eigenvalue weighted by Crippen LogP contribution is -2.25. The summed E-state index contributed by atoms with van der Waals surface area (Å²) in [6.45, 7) is 2.06. The predicted octanol–water partition coefficient (Wildman–Crippen LogP) is 4.00. The molecule has 1 amide bonds. The number of nitrogens with zero attached hydrogens (tertiary/aromatic N) is 2. The third-order valence-electron chi connectivity index (χ3n) is 4.88. The first kappa shape index (κ1) is 16.3. The standard InChI is InChI=1S/C22H21N3O/c1-16-14-17(6-10-21(16)25-13-12-23-15-25)7-11-22(26)24-20-9-8-18-4-2-3-5-19(18)20/h2-7,10-15,20H,8-9H2,1H3,(H,24,26)/b11-7+. The second kappa shape index (κ2) is 7.00. The molecule has 26 heavy (non-hydrogen) atoms. The molecule has 0 fully saturated rings. The van der Waals surface area contributed by atoms with Gasteiger partial charge < -0.3 is 9.88 Å². The summed E-state index contributed by atoms with van der Waals surface area (Å²) in [5, 5.41) is 3.12. The number of imidazole rings is 1. The Kier molecular flexibility index (Phi) is 4.40. The molecule has 1 unspecified atom stereocenters. The van der Waals surface area contributed by atoms with Crippen molar-refractivity contribution in [3.05, 3.63) is 89.5 Å². The van der Waals surface area contributed by atoms with Crippen molar-refractivity contribution < 1.29 is 4.79 Å². The zero-order valence-corrected chi connectivity index (χ0v) is 14.7. The van der Waals surface area contributed by atoms with Crippen molar-refractivity contribution in [1.82, 2.24) is 14.9 Å². The van der Waals surface area contributed by atoms with Gasteiger partial charge in [-0.3, -0.25) is 4.79 Å². The zero-order chi connectivity index (χ0) is 17.9. The van der Waals surface area contributed by atoms with E-state index in [4.69, 9.17) is 0 Å². The van der Waals surface area contributed by atoms with Gasteiger partial charge in [-0.25, -0.2) is 4.98 Å². The van der Waals surface area contributed by atoms with Crippen LogP contribution in [0, 0.1) is 6.92 Å². The maximum Gasteiger partial charge on any atom is 0.244 e. The molecule has 0 saturated heterocycles. The van der Waals surface area contributed by atoms with Crippen LogP contribution in [0.25, 0.3) is 11.8 Å². The number of benzene rings is 2. The van der Waals surface area contributed by atoms with E-state index in [0.29, 0.717) is 0 Å². The number of nitrogens with one attached hydrogen (secondary N) is 1. The fourth-order valence-electron chi connectivity index (χ4n) is 3.57. The average molecular weight is 343 g/mol. The van der Waals surface area contributed by atoms with E-state index in [1.165, 1.54) is 11.1 Å². The minimum Gasteiger partial charge on any atom is -0.346 e. The summed E-state index contributed by atoms with van der Waals surface area (Å²) in [6.07, 6.45) is 10.9. The maximum atomic E-state index is 12.3. The fraction of sp³-hybridized carbons (Fsp3) is 0.182. The lowest BCUT2D eigenvalue weighted by Gasteiger charge is -2.12. The molecule has 0 saturated carbocycles. The first-order valence-electron chi connectivity index (χ1n) is 8.86. The molecule has 1 aliphatic rings. The minimum atomic E-state index is -0.0527. The highest BCUT2D eigenvalue weighted by Gasteiger charge is 2.22. The number of carbonyl (C=O) groups is 1. The molecule has 1 atom stereocenters. The molecule has 2 aromatic carbocycles. The molecule has 1 aromatic heterocycles. The van der Waals surface area contributed by atoms with Crippen molar-refractivity contribution >= 4 is 12.0 Å². The van der Waals surface area contributed by atoms with Gasteiger partial charge in [0.2, 0.25) is 5.91 Å². The molecular weight excluding hydrogens is 322 g/mol. The van der Waals surface area contributed by atoms with Crippen molar-refractivity contribution in [3.8, 4) is 5.69 Å². The fourth-order valence-corrected chi connectivity index (χ4v) is 3.57. The Hall–Kier alpha value is -3.14. The van der Waals surface area contributed by atoms with Crippen molar-refractivity contribution in [2.24, 2.45) is 0 Å². The van der Waals surface area contributed by atoms with Crippen LogP contribution < -0.4 is 5.32 Å². The Morgan fingerprint density at radius 2 is 2.15 bits per heavy atom. The van der Waals surface area contributed by atoms with E-state index in [1.807, 2.05) is 35.0 Å². The average Bonchev–Trinajstić information content (AvgIpc) is 3.31. The van der Waals surface area contributed by atoms with Crippen LogP contribution in [0.4, 0.5) is 0 Å². The Bertz CT molecular complexity index is 957. The van der Waals surface area contributed by atoms with E-state index in [2.05, 4.69) is 41.5 Å². The smallest absolute Gasteiger partial charge is 0.244 e. The van der Waals surface area contributed by atoms with Gasteiger partial charge in [-0.15, -0.1) is 0 Å². The zero-order valence-electron chi connectivity index (χ0n) is 14.7. The van der Waals surface area contributed by atoms with Crippen LogP contribution in [0.3, 0.4) is 0 Å². The normalized spacial score (nSPS) is 16.0. The molecule has 130 valence electrons. The largest absolute Gasteiger partial charge is 0.346 e. The predicted molar refractivity (Wildman–Crippen MR) is 103 cm³/mol. The third kappa shape index (κ3) is 3.31. The van der Waals surface area contributed by atoms with Crippen LogP contribution in [0.2, 0.25) is 0 Å². The summed E-state index contributed by atoms with van der Waals surface area (Å²) < 4.78 is 1.98. The number of hydrogen-bond acceptors (Lipinski definition) is 2. The molecule has 4 heteroatoms. The van der Waals surface area contributed by atoms with E-state index < -0.39 is 0 Å². The number of hydrogen-bond donors (Lipinski definition) is 1. The summed E-state index contributed by atoms with van der Waals surface area (Å²) >= 11 is 0. The molecule has 0 radical (unpaired) electrons. The van der Waals surface area contributed by atoms with Crippen LogP contribution in [0.15, 0.2) is 67.3 Å². The highest BCUT2D eigenvalue weighted by Crippen LogP contribution is 2.30. The quantitative estimate of drug-likeness (QED) is 0.728. The molecule has 4 nitrogen and oxygen atoms in total. The molecule has 0 spiro atoms. The highest BCUT2D eigenvalue weighted by molar-refractivity contribution is 5.92. The van der Waals surface area contributed by atoms with Gasteiger partial charge in [0.05, 0.1) is 12.4 Å². The third-order valence-corrected chi connectivity index (χ3v) is 4.88. The Morgan fingerprint density at radius 3 is 2.96 bits per heavy atom. The maximum absolute atomic E-state index is 12.3. The van der Waals surface area contributed by atoms with Gasteiger partial charge in [0.25, 0.3) is 0 Å². The van der Waals surface area contributed by atoms with Crippen molar-refractivity contribution in [2.75, 3.05) is 0 Å². The summed E-state index contributed by atoms with van der Waals surface area (Å²) in [4.78, 5) is 16.4. The number of aromatic nitrogens is 2. The van der Waals surface area contributed by atoms with E-state index >= 15 is 0 Å². The van der Waals surface area contributed by atoms with Gasteiger partial charge in [0, 0.05) is 24.2 Å². The summed E-state index contributed by atoms with van der Waals surface area (Å²) in [5.41, 5.74) is 5.82. The molecule has 1 heterocycles. The van der Waals surface area contributed by atoms with Gasteiger partial charge in [-0.2, -0.15) is 0 Å². The molecule has 1 N–H and O–H groups in total. The van der Waals surface area contributed by atoms with Crippen LogP contribution in [0.5, 0.6) is 0 Å². The van der Waals surface area contributed by atoms with Crippen molar-refractivity contribution in [1.29, 1.82) is 0 Å². The highest BCUT2D eigenvalue weighted by atomic mass is 16.1. The van der Waals surface area contributed by atoms with Gasteiger partial charge in [-0.1, -0.05) is 30.3 Å². The van der Waals surface area contributed by atoms with Crippen LogP contribution >= 0.6 is 0 Å². The van der Waals surface area contributed by atoms with Gasteiger partial charge in [0.15, 0.2) is 0 Å². The molecule has 4 rings (SSSR count). The summed E-state index contributed by atoms with van der Waals surface area (Å²) in [5.74, 6) is -0.0527. The number of rotatable bonds is 4. The number of fused-ring (bicyclic) bond motifs is 1. The molecule has 1 aliphatic carbocycles. The SMILES string of the molecule is Cc1cc(/C=C/C(=O)NC2CCc3ccccc32)ccc1-n1ccnc1. The summed E-state index contributed by atoms with van der Waals surface area (Å²) in [7, 11) is 0. The number of carbonyl (C=O) groups excluding carboxylic acids is 1. The van der Waals surface area contributed by atoms with Crippen molar-refractivity contribution in [3.63, 3.8) is 0 Å². The van der Waals surface area contributed by atoms with E-state index in [1.54, 1.807) is 18.6 Å². The van der Waals surface area contributed by atoms with Crippen molar-refractivity contribution in [2.45, 2.75) is 25.8 Å². The second-order valence-corrected chi connectivity index (χ2v) is 6.65.